The monoisotopic (exact) mass is 415 g/mol. The van der Waals surface area contributed by atoms with Gasteiger partial charge >= 0.3 is 5.97 Å². The Balaban J connectivity index is 1.83. The number of nitrogens with zero attached hydrogens (tertiary/aromatic N) is 1. The average molecular weight is 415 g/mol. The highest BCUT2D eigenvalue weighted by Crippen LogP contribution is 2.25. The van der Waals surface area contributed by atoms with Crippen LogP contribution in [0.2, 0.25) is 0 Å². The summed E-state index contributed by atoms with van der Waals surface area (Å²) in [4.78, 5) is 39.8. The molecule has 0 atom stereocenters. The zero-order valence-corrected chi connectivity index (χ0v) is 16.6. The maximum Gasteiger partial charge on any atom is 0.337 e. The van der Waals surface area contributed by atoms with E-state index in [-0.39, 0.29) is 36.9 Å². The molecule has 0 spiro atoms. The van der Waals surface area contributed by atoms with E-state index in [1.165, 1.54) is 12.0 Å². The quantitative estimate of drug-likeness (QED) is 0.562. The molecule has 0 unspecified atom stereocenters. The summed E-state index contributed by atoms with van der Waals surface area (Å²) in [5, 5.41) is 16.9. The molecule has 29 heavy (non-hydrogen) atoms. The minimum atomic E-state index is -0.638. The third-order valence-electron chi connectivity index (χ3n) is 4.39. The van der Waals surface area contributed by atoms with Crippen LogP contribution in [0, 0.1) is 0 Å². The minimum absolute atomic E-state index is 0.0289. The number of benzene rings is 1. The van der Waals surface area contributed by atoms with E-state index < -0.39 is 11.9 Å². The van der Waals surface area contributed by atoms with Gasteiger partial charge < -0.3 is 25.4 Å². The normalized spacial score (nSPS) is 13.6. The molecule has 0 aliphatic carbocycles. The predicted molar refractivity (Wildman–Crippen MR) is 108 cm³/mol. The highest BCUT2D eigenvalue weighted by Gasteiger charge is 2.34. The lowest BCUT2D eigenvalue weighted by molar-refractivity contribution is -0.136. The summed E-state index contributed by atoms with van der Waals surface area (Å²) in [7, 11) is 1.23. The van der Waals surface area contributed by atoms with E-state index in [0.717, 1.165) is 4.88 Å². The second-order valence-corrected chi connectivity index (χ2v) is 7.26. The molecule has 152 valence electrons. The summed E-state index contributed by atoms with van der Waals surface area (Å²) in [6, 6.07) is 10.6. The van der Waals surface area contributed by atoms with Crippen LogP contribution >= 0.6 is 11.3 Å². The van der Waals surface area contributed by atoms with Gasteiger partial charge in [0.1, 0.15) is 5.70 Å². The lowest BCUT2D eigenvalue weighted by Gasteiger charge is -2.16. The summed E-state index contributed by atoms with van der Waals surface area (Å²) in [5.74, 6) is -1.38. The SMILES string of the molecule is COC(=O)C1=C(Nc2ccccc2C(=O)NCc2cccs2)C(=O)N(CCO)C1. The number of hydrogen-bond donors (Lipinski definition) is 3. The molecule has 0 saturated heterocycles. The Morgan fingerprint density at radius 1 is 1.24 bits per heavy atom. The lowest BCUT2D eigenvalue weighted by atomic mass is 10.1. The summed E-state index contributed by atoms with van der Waals surface area (Å²) < 4.78 is 4.78. The number of amides is 2. The summed E-state index contributed by atoms with van der Waals surface area (Å²) >= 11 is 1.54. The van der Waals surface area contributed by atoms with Gasteiger partial charge in [-0.05, 0) is 23.6 Å². The zero-order valence-electron chi connectivity index (χ0n) is 15.8. The fourth-order valence-corrected chi connectivity index (χ4v) is 3.59. The average Bonchev–Trinajstić information content (AvgIpc) is 3.36. The first kappa shape index (κ1) is 20.6. The Hall–Kier alpha value is -3.17. The van der Waals surface area contributed by atoms with E-state index in [2.05, 4.69) is 10.6 Å². The fourth-order valence-electron chi connectivity index (χ4n) is 2.95. The number of carbonyl (C=O) groups excluding carboxylic acids is 3. The zero-order chi connectivity index (χ0) is 20.8. The van der Waals surface area contributed by atoms with Crippen molar-refractivity contribution in [3.05, 3.63) is 63.5 Å². The number of nitrogens with one attached hydrogen (secondary N) is 2. The molecule has 9 heteroatoms. The maximum absolute atomic E-state index is 12.7. The van der Waals surface area contributed by atoms with Crippen molar-refractivity contribution in [1.82, 2.24) is 10.2 Å². The molecule has 3 rings (SSSR count). The van der Waals surface area contributed by atoms with E-state index in [1.807, 2.05) is 17.5 Å². The number of para-hydroxylation sites is 1. The molecule has 2 aromatic rings. The molecular weight excluding hydrogens is 394 g/mol. The first-order valence-corrected chi connectivity index (χ1v) is 9.81. The number of anilines is 1. The molecule has 3 N–H and O–H groups in total. The first-order valence-electron chi connectivity index (χ1n) is 8.93. The molecule has 1 aliphatic heterocycles. The topological polar surface area (TPSA) is 108 Å². The van der Waals surface area contributed by atoms with E-state index in [9.17, 15) is 14.4 Å². The molecule has 1 aliphatic rings. The second kappa shape index (κ2) is 9.35. The van der Waals surface area contributed by atoms with E-state index >= 15 is 0 Å². The predicted octanol–water partition coefficient (Wildman–Crippen LogP) is 1.35. The van der Waals surface area contributed by atoms with Gasteiger partial charge in [0.15, 0.2) is 0 Å². The summed E-state index contributed by atoms with van der Waals surface area (Å²) in [6.45, 7) is 0.286. The Kier molecular flexibility index (Phi) is 6.63. The molecule has 2 amide bonds. The van der Waals surface area contributed by atoms with Gasteiger partial charge in [0.05, 0.1) is 43.6 Å². The van der Waals surface area contributed by atoms with Crippen LogP contribution in [-0.4, -0.2) is 54.6 Å². The highest BCUT2D eigenvalue weighted by molar-refractivity contribution is 7.09. The number of aliphatic hydroxyl groups is 1. The molecule has 8 nitrogen and oxygen atoms in total. The van der Waals surface area contributed by atoms with Crippen molar-refractivity contribution in [3.63, 3.8) is 0 Å². The summed E-state index contributed by atoms with van der Waals surface area (Å²) in [6.07, 6.45) is 0. The van der Waals surface area contributed by atoms with Crippen LogP contribution in [0.25, 0.3) is 0 Å². The number of carbonyl (C=O) groups is 3. The van der Waals surface area contributed by atoms with Gasteiger partial charge in [0, 0.05) is 11.4 Å². The van der Waals surface area contributed by atoms with Crippen LogP contribution in [0.15, 0.2) is 53.0 Å². The van der Waals surface area contributed by atoms with Gasteiger partial charge in [-0.1, -0.05) is 18.2 Å². The molecule has 0 radical (unpaired) electrons. The smallest absolute Gasteiger partial charge is 0.337 e. The first-order chi connectivity index (χ1) is 14.0. The Morgan fingerprint density at radius 3 is 2.72 bits per heavy atom. The number of aliphatic hydroxyl groups excluding tert-OH is 1. The van der Waals surface area contributed by atoms with Gasteiger partial charge in [-0.2, -0.15) is 0 Å². The minimum Gasteiger partial charge on any atom is -0.466 e. The summed E-state index contributed by atoms with van der Waals surface area (Å²) in [5.41, 5.74) is 0.935. The molecule has 1 aromatic carbocycles. The van der Waals surface area contributed by atoms with Crippen molar-refractivity contribution in [1.29, 1.82) is 0 Å². The molecular formula is C20H21N3O5S. The van der Waals surface area contributed by atoms with Crippen molar-refractivity contribution >= 4 is 34.8 Å². The molecule has 2 heterocycles. The number of hydrogen-bond acceptors (Lipinski definition) is 7. The van der Waals surface area contributed by atoms with Crippen LogP contribution in [0.3, 0.4) is 0 Å². The van der Waals surface area contributed by atoms with Gasteiger partial charge in [0.25, 0.3) is 11.8 Å². The fraction of sp³-hybridized carbons (Fsp3) is 0.250. The number of rotatable bonds is 8. The van der Waals surface area contributed by atoms with Gasteiger partial charge in [-0.3, -0.25) is 9.59 Å². The van der Waals surface area contributed by atoms with Crippen LogP contribution in [0.5, 0.6) is 0 Å². The van der Waals surface area contributed by atoms with Crippen molar-refractivity contribution in [3.8, 4) is 0 Å². The van der Waals surface area contributed by atoms with Crippen molar-refractivity contribution in [2.24, 2.45) is 0 Å². The van der Waals surface area contributed by atoms with Crippen molar-refractivity contribution < 1.29 is 24.2 Å². The van der Waals surface area contributed by atoms with E-state index in [1.54, 1.807) is 35.6 Å². The van der Waals surface area contributed by atoms with Gasteiger partial charge in [-0.15, -0.1) is 11.3 Å². The van der Waals surface area contributed by atoms with E-state index in [4.69, 9.17) is 9.84 Å². The molecule has 1 aromatic heterocycles. The Bertz CT molecular complexity index is 939. The maximum atomic E-state index is 12.7. The van der Waals surface area contributed by atoms with Crippen molar-refractivity contribution in [2.45, 2.75) is 6.54 Å². The number of methoxy groups -OCH3 is 1. The molecule has 0 saturated carbocycles. The Labute approximate surface area is 171 Å². The van der Waals surface area contributed by atoms with Gasteiger partial charge in [-0.25, -0.2) is 4.79 Å². The molecule has 0 fully saturated rings. The van der Waals surface area contributed by atoms with Crippen LogP contribution < -0.4 is 10.6 Å². The second-order valence-electron chi connectivity index (χ2n) is 6.23. The Morgan fingerprint density at radius 2 is 2.03 bits per heavy atom. The standard InChI is InChI=1S/C20H21N3O5S/c1-28-20(27)15-12-23(8-9-24)19(26)17(15)22-16-7-3-2-6-14(16)18(25)21-11-13-5-4-10-29-13/h2-7,10,22,24H,8-9,11-12H2,1H3,(H,21,25). The van der Waals surface area contributed by atoms with Crippen LogP contribution in [0.4, 0.5) is 5.69 Å². The van der Waals surface area contributed by atoms with Gasteiger partial charge in [0.2, 0.25) is 0 Å². The molecule has 0 bridgehead atoms. The third kappa shape index (κ3) is 4.64. The van der Waals surface area contributed by atoms with E-state index in [0.29, 0.717) is 17.8 Å². The van der Waals surface area contributed by atoms with Crippen LogP contribution in [0.1, 0.15) is 15.2 Å². The lowest BCUT2D eigenvalue weighted by Crippen LogP contribution is -2.31. The highest BCUT2D eigenvalue weighted by atomic mass is 32.1. The number of esters is 1. The number of β-amino-alcohol motifs (C(OH)–C–C–N with tert-alkyl or cyclic N) is 1. The largest absolute Gasteiger partial charge is 0.466 e. The third-order valence-corrected chi connectivity index (χ3v) is 5.26. The van der Waals surface area contributed by atoms with Crippen LogP contribution in [-0.2, 0) is 20.9 Å². The number of thiophene rings is 1. The number of ether oxygens (including phenoxy) is 1. The van der Waals surface area contributed by atoms with Crippen molar-refractivity contribution in [2.75, 3.05) is 32.1 Å².